The van der Waals surface area contributed by atoms with Crippen LogP contribution in [0.1, 0.15) is 59.8 Å². The van der Waals surface area contributed by atoms with Gasteiger partial charge in [-0.3, -0.25) is 0 Å². The molecule has 1 atom stereocenters. The fourth-order valence-corrected chi connectivity index (χ4v) is 1.65. The van der Waals surface area contributed by atoms with Crippen LogP contribution < -0.4 is 0 Å². The first-order chi connectivity index (χ1) is 7.37. The SMILES string of the molecule is [CH2]C=C(C)CCCC(C)(O)CCC=C(C)C. The molecule has 1 unspecified atom stereocenters. The second-order valence-corrected chi connectivity index (χ2v) is 5.22. The Labute approximate surface area is 101 Å². The minimum absolute atomic E-state index is 0.520. The van der Waals surface area contributed by atoms with Crippen LogP contribution in [0.15, 0.2) is 23.3 Å². The first-order valence-electron chi connectivity index (χ1n) is 6.18. The van der Waals surface area contributed by atoms with E-state index in [1.807, 2.05) is 13.0 Å². The number of rotatable bonds is 7. The summed E-state index contributed by atoms with van der Waals surface area (Å²) in [6, 6.07) is 0. The second kappa shape index (κ2) is 7.67. The summed E-state index contributed by atoms with van der Waals surface area (Å²) in [4.78, 5) is 0. The molecule has 93 valence electrons. The van der Waals surface area contributed by atoms with Gasteiger partial charge in [0.15, 0.2) is 0 Å². The van der Waals surface area contributed by atoms with E-state index in [2.05, 4.69) is 33.8 Å². The van der Waals surface area contributed by atoms with Crippen molar-refractivity contribution in [3.63, 3.8) is 0 Å². The summed E-state index contributed by atoms with van der Waals surface area (Å²) < 4.78 is 0. The monoisotopic (exact) mass is 223 g/mol. The van der Waals surface area contributed by atoms with E-state index in [1.165, 1.54) is 11.1 Å². The average Bonchev–Trinajstić information content (AvgIpc) is 2.16. The van der Waals surface area contributed by atoms with Crippen molar-refractivity contribution >= 4 is 0 Å². The predicted molar refractivity (Wildman–Crippen MR) is 72.3 cm³/mol. The highest BCUT2D eigenvalue weighted by molar-refractivity contribution is 4.99. The highest BCUT2D eigenvalue weighted by atomic mass is 16.3. The minimum Gasteiger partial charge on any atom is -0.390 e. The largest absolute Gasteiger partial charge is 0.390 e. The van der Waals surface area contributed by atoms with Crippen LogP contribution >= 0.6 is 0 Å². The van der Waals surface area contributed by atoms with Crippen molar-refractivity contribution in [1.82, 2.24) is 0 Å². The summed E-state index contributed by atoms with van der Waals surface area (Å²) in [5.41, 5.74) is 2.11. The van der Waals surface area contributed by atoms with Crippen molar-refractivity contribution in [3.8, 4) is 0 Å². The van der Waals surface area contributed by atoms with E-state index in [0.29, 0.717) is 0 Å². The van der Waals surface area contributed by atoms with E-state index < -0.39 is 5.60 Å². The van der Waals surface area contributed by atoms with Gasteiger partial charge in [0.1, 0.15) is 0 Å². The minimum atomic E-state index is -0.520. The number of aliphatic hydroxyl groups is 1. The summed E-state index contributed by atoms with van der Waals surface area (Å²) in [7, 11) is 0. The van der Waals surface area contributed by atoms with Crippen molar-refractivity contribution in [1.29, 1.82) is 0 Å². The molecule has 0 aliphatic carbocycles. The van der Waals surface area contributed by atoms with Crippen molar-refractivity contribution in [2.24, 2.45) is 0 Å². The lowest BCUT2D eigenvalue weighted by Gasteiger charge is -2.22. The standard InChI is InChI=1S/C15H27O/c1-6-14(4)10-8-12-15(5,16)11-7-9-13(2)3/h6,9,16H,1,7-8,10-12H2,2-5H3. The Morgan fingerprint density at radius 2 is 1.88 bits per heavy atom. The third-order valence-corrected chi connectivity index (χ3v) is 2.87. The topological polar surface area (TPSA) is 20.2 Å². The third-order valence-electron chi connectivity index (χ3n) is 2.87. The zero-order chi connectivity index (χ0) is 12.6. The summed E-state index contributed by atoms with van der Waals surface area (Å²) in [5, 5.41) is 10.1. The maximum absolute atomic E-state index is 10.1. The molecule has 1 heteroatoms. The van der Waals surface area contributed by atoms with Crippen LogP contribution in [-0.2, 0) is 0 Å². The van der Waals surface area contributed by atoms with Crippen LogP contribution in [0.3, 0.4) is 0 Å². The van der Waals surface area contributed by atoms with Crippen molar-refractivity contribution in [3.05, 3.63) is 30.2 Å². The van der Waals surface area contributed by atoms with Gasteiger partial charge in [-0.25, -0.2) is 0 Å². The number of allylic oxidation sites excluding steroid dienone is 4. The highest BCUT2D eigenvalue weighted by Gasteiger charge is 2.18. The molecule has 0 aliphatic rings. The zero-order valence-corrected chi connectivity index (χ0v) is 11.3. The van der Waals surface area contributed by atoms with Crippen LogP contribution in [0.2, 0.25) is 0 Å². The Hall–Kier alpha value is -0.560. The van der Waals surface area contributed by atoms with Gasteiger partial charge in [-0.2, -0.15) is 0 Å². The van der Waals surface area contributed by atoms with Gasteiger partial charge in [-0.15, -0.1) is 0 Å². The van der Waals surface area contributed by atoms with Crippen LogP contribution in [0, 0.1) is 6.92 Å². The third kappa shape index (κ3) is 8.72. The molecule has 0 bridgehead atoms. The molecule has 0 aromatic heterocycles. The van der Waals surface area contributed by atoms with Crippen molar-refractivity contribution < 1.29 is 5.11 Å². The summed E-state index contributed by atoms with van der Waals surface area (Å²) >= 11 is 0. The van der Waals surface area contributed by atoms with Crippen LogP contribution in [0.25, 0.3) is 0 Å². The average molecular weight is 223 g/mol. The molecule has 16 heavy (non-hydrogen) atoms. The summed E-state index contributed by atoms with van der Waals surface area (Å²) in [5.74, 6) is 0. The highest BCUT2D eigenvalue weighted by Crippen LogP contribution is 2.21. The van der Waals surface area contributed by atoms with E-state index >= 15 is 0 Å². The molecule has 1 N–H and O–H groups in total. The molecular weight excluding hydrogens is 196 g/mol. The van der Waals surface area contributed by atoms with E-state index in [4.69, 9.17) is 0 Å². The van der Waals surface area contributed by atoms with Gasteiger partial charge in [0, 0.05) is 0 Å². The van der Waals surface area contributed by atoms with Crippen molar-refractivity contribution in [2.45, 2.75) is 65.4 Å². The lowest BCUT2D eigenvalue weighted by atomic mass is 9.92. The first kappa shape index (κ1) is 15.4. The Bertz CT molecular complexity index is 242. The van der Waals surface area contributed by atoms with Crippen LogP contribution in [-0.4, -0.2) is 10.7 Å². The van der Waals surface area contributed by atoms with Gasteiger partial charge in [-0.1, -0.05) is 23.3 Å². The maximum Gasteiger partial charge on any atom is 0.0622 e. The molecule has 0 amide bonds. The fourth-order valence-electron chi connectivity index (χ4n) is 1.65. The van der Waals surface area contributed by atoms with Gasteiger partial charge in [0.05, 0.1) is 5.60 Å². The maximum atomic E-state index is 10.1. The summed E-state index contributed by atoms with van der Waals surface area (Å²) in [6.45, 7) is 12.0. The zero-order valence-electron chi connectivity index (χ0n) is 11.3. The first-order valence-corrected chi connectivity index (χ1v) is 6.18. The number of hydrogen-bond donors (Lipinski definition) is 1. The van der Waals surface area contributed by atoms with E-state index in [-0.39, 0.29) is 0 Å². The summed E-state index contributed by atoms with van der Waals surface area (Å²) in [6.07, 6.45) is 8.87. The molecule has 0 heterocycles. The number of hydrogen-bond acceptors (Lipinski definition) is 1. The normalized spacial score (nSPS) is 15.8. The molecule has 0 aromatic carbocycles. The molecule has 1 radical (unpaired) electrons. The van der Waals surface area contributed by atoms with Gasteiger partial charge in [0.25, 0.3) is 0 Å². The van der Waals surface area contributed by atoms with Gasteiger partial charge < -0.3 is 5.11 Å². The van der Waals surface area contributed by atoms with Crippen LogP contribution in [0.4, 0.5) is 0 Å². The Morgan fingerprint density at radius 1 is 1.25 bits per heavy atom. The molecule has 0 fully saturated rings. The Morgan fingerprint density at radius 3 is 2.38 bits per heavy atom. The fraction of sp³-hybridized carbons (Fsp3) is 0.667. The lowest BCUT2D eigenvalue weighted by molar-refractivity contribution is 0.0410. The van der Waals surface area contributed by atoms with Gasteiger partial charge in [0.2, 0.25) is 0 Å². The molecular formula is C15H27O. The smallest absolute Gasteiger partial charge is 0.0622 e. The molecule has 0 rings (SSSR count). The predicted octanol–water partition coefficient (Wildman–Crippen LogP) is 4.43. The molecule has 0 spiro atoms. The van der Waals surface area contributed by atoms with E-state index in [0.717, 1.165) is 32.1 Å². The quantitative estimate of drug-likeness (QED) is 0.633. The molecule has 0 saturated carbocycles. The van der Waals surface area contributed by atoms with E-state index in [9.17, 15) is 5.11 Å². The van der Waals surface area contributed by atoms with Gasteiger partial charge in [-0.05, 0) is 66.7 Å². The molecule has 1 nitrogen and oxygen atoms in total. The second-order valence-electron chi connectivity index (χ2n) is 5.22. The Balaban J connectivity index is 3.82. The van der Waals surface area contributed by atoms with E-state index in [1.54, 1.807) is 0 Å². The molecule has 0 aliphatic heterocycles. The van der Waals surface area contributed by atoms with Crippen LogP contribution in [0.5, 0.6) is 0 Å². The molecule has 0 saturated heterocycles. The molecule has 0 aromatic rings. The lowest BCUT2D eigenvalue weighted by Crippen LogP contribution is -2.23. The van der Waals surface area contributed by atoms with Gasteiger partial charge >= 0.3 is 0 Å². The van der Waals surface area contributed by atoms with Crippen molar-refractivity contribution in [2.75, 3.05) is 0 Å². The Kier molecular flexibility index (Phi) is 7.40.